The van der Waals surface area contributed by atoms with Gasteiger partial charge in [-0.2, -0.15) is 4.31 Å². The number of hydrogen-bond acceptors (Lipinski definition) is 6. The van der Waals surface area contributed by atoms with Crippen LogP contribution in [0.1, 0.15) is 35.3 Å². The molecule has 1 amide bonds. The first-order chi connectivity index (χ1) is 17.2. The van der Waals surface area contributed by atoms with Gasteiger partial charge in [-0.1, -0.05) is 35.1 Å². The number of aromatic nitrogens is 1. The lowest BCUT2D eigenvalue weighted by atomic mass is 9.98. The van der Waals surface area contributed by atoms with Crippen molar-refractivity contribution in [2.75, 3.05) is 18.0 Å². The highest BCUT2D eigenvalue weighted by Gasteiger charge is 2.36. The van der Waals surface area contributed by atoms with E-state index in [1.165, 1.54) is 15.6 Å². The first-order valence-electron chi connectivity index (χ1n) is 12.0. The zero-order valence-electron chi connectivity index (χ0n) is 20.6. The van der Waals surface area contributed by atoms with Crippen LogP contribution in [0.15, 0.2) is 64.1 Å². The van der Waals surface area contributed by atoms with Gasteiger partial charge in [0.25, 0.3) is 0 Å². The number of sulfonamides is 1. The molecule has 36 heavy (non-hydrogen) atoms. The highest BCUT2D eigenvalue weighted by molar-refractivity contribution is 7.89. The molecule has 0 saturated carbocycles. The second-order valence-electron chi connectivity index (χ2n) is 9.37. The van der Waals surface area contributed by atoms with E-state index in [1.807, 2.05) is 32.9 Å². The lowest BCUT2D eigenvalue weighted by molar-refractivity contribution is -0.123. The zero-order valence-corrected chi connectivity index (χ0v) is 22.2. The monoisotopic (exact) mass is 523 g/mol. The van der Waals surface area contributed by atoms with E-state index < -0.39 is 15.9 Å². The normalized spacial score (nSPS) is 16.9. The minimum absolute atomic E-state index is 0.136. The lowest BCUT2D eigenvalue weighted by Gasteiger charge is -2.33. The Morgan fingerprint density at radius 2 is 1.92 bits per heavy atom. The number of benzene rings is 2. The minimum atomic E-state index is -3.69. The van der Waals surface area contributed by atoms with E-state index in [1.54, 1.807) is 41.5 Å². The molecule has 1 unspecified atom stereocenters. The number of hydrogen-bond donors (Lipinski definition) is 0. The molecule has 0 bridgehead atoms. The van der Waals surface area contributed by atoms with Crippen molar-refractivity contribution in [2.24, 2.45) is 5.92 Å². The zero-order chi connectivity index (χ0) is 25.4. The van der Waals surface area contributed by atoms with Crippen LogP contribution in [0.4, 0.5) is 5.13 Å². The Balaban J connectivity index is 1.45. The average Bonchev–Trinajstić information content (AvgIpc) is 3.55. The summed E-state index contributed by atoms with van der Waals surface area (Å²) in [7, 11) is -3.69. The van der Waals surface area contributed by atoms with Crippen LogP contribution in [0.3, 0.4) is 0 Å². The number of rotatable bonds is 6. The Morgan fingerprint density at radius 3 is 2.64 bits per heavy atom. The quantitative estimate of drug-likeness (QED) is 0.336. The van der Waals surface area contributed by atoms with Gasteiger partial charge in [-0.05, 0) is 75.1 Å². The van der Waals surface area contributed by atoms with Gasteiger partial charge in [-0.15, -0.1) is 0 Å². The molecule has 0 radical (unpaired) electrons. The van der Waals surface area contributed by atoms with Crippen LogP contribution in [-0.2, 0) is 21.4 Å². The average molecular weight is 524 g/mol. The highest BCUT2D eigenvalue weighted by Crippen LogP contribution is 2.35. The molecule has 3 heterocycles. The molecule has 0 spiro atoms. The predicted octanol–water partition coefficient (Wildman–Crippen LogP) is 5.45. The van der Waals surface area contributed by atoms with Crippen molar-refractivity contribution < 1.29 is 17.6 Å². The number of carbonyl (C=O) groups excluding carboxylic acids is 1. The van der Waals surface area contributed by atoms with Crippen LogP contribution >= 0.6 is 11.3 Å². The van der Waals surface area contributed by atoms with Gasteiger partial charge in [0.15, 0.2) is 5.13 Å². The molecule has 1 saturated heterocycles. The van der Waals surface area contributed by atoms with E-state index in [0.29, 0.717) is 30.3 Å². The Bertz CT molecular complexity index is 1490. The molecule has 0 aliphatic carbocycles. The summed E-state index contributed by atoms with van der Waals surface area (Å²) in [5.74, 6) is 0.0443. The summed E-state index contributed by atoms with van der Waals surface area (Å²) < 4.78 is 34.7. The molecule has 5 rings (SSSR count). The molecule has 4 aromatic rings. The second kappa shape index (κ2) is 9.80. The molecule has 2 aromatic carbocycles. The summed E-state index contributed by atoms with van der Waals surface area (Å²) >= 11 is 1.47. The van der Waals surface area contributed by atoms with Crippen molar-refractivity contribution in [2.45, 2.75) is 45.1 Å². The number of amides is 1. The predicted molar refractivity (Wildman–Crippen MR) is 142 cm³/mol. The van der Waals surface area contributed by atoms with Gasteiger partial charge in [0.05, 0.1) is 33.8 Å². The third-order valence-electron chi connectivity index (χ3n) is 6.86. The van der Waals surface area contributed by atoms with Crippen LogP contribution in [0, 0.1) is 26.7 Å². The summed E-state index contributed by atoms with van der Waals surface area (Å²) in [4.78, 5) is 20.7. The summed E-state index contributed by atoms with van der Waals surface area (Å²) in [5, 5.41) is 0.596. The topological polar surface area (TPSA) is 83.7 Å². The summed E-state index contributed by atoms with van der Waals surface area (Å²) in [6, 6.07) is 14.6. The van der Waals surface area contributed by atoms with Gasteiger partial charge >= 0.3 is 0 Å². The number of nitrogens with zero attached hydrogens (tertiary/aromatic N) is 3. The minimum Gasteiger partial charge on any atom is -0.467 e. The number of aryl methyl sites for hydroxylation is 3. The molecule has 2 aromatic heterocycles. The fraction of sp³-hybridized carbons (Fsp3) is 0.333. The smallest absolute Gasteiger partial charge is 0.243 e. The largest absolute Gasteiger partial charge is 0.467 e. The first kappa shape index (κ1) is 24.7. The Labute approximate surface area is 215 Å². The maximum atomic E-state index is 13.9. The molecule has 9 heteroatoms. The maximum absolute atomic E-state index is 13.9. The Kier molecular flexibility index (Phi) is 6.72. The van der Waals surface area contributed by atoms with E-state index in [9.17, 15) is 13.2 Å². The molecular weight excluding hydrogens is 494 g/mol. The SMILES string of the molecule is Cc1ccc(S(=O)(=O)N2CCCC(C(=O)N(Cc3ccco3)c3nc4c(C)c(C)ccc4s3)C2)cc1. The fourth-order valence-electron chi connectivity index (χ4n) is 4.57. The van der Waals surface area contributed by atoms with Crippen molar-refractivity contribution in [3.63, 3.8) is 0 Å². The number of furan rings is 1. The number of thiazole rings is 1. The van der Waals surface area contributed by atoms with Crippen LogP contribution in [0.2, 0.25) is 0 Å². The van der Waals surface area contributed by atoms with Gasteiger partial charge in [-0.3, -0.25) is 9.69 Å². The molecule has 1 fully saturated rings. The molecule has 1 aliphatic heterocycles. The first-order valence-corrected chi connectivity index (χ1v) is 14.3. The van der Waals surface area contributed by atoms with Gasteiger partial charge in [-0.25, -0.2) is 13.4 Å². The third-order valence-corrected chi connectivity index (χ3v) is 9.78. The fourth-order valence-corrected chi connectivity index (χ4v) is 7.12. The Hall–Kier alpha value is -3.01. The van der Waals surface area contributed by atoms with E-state index >= 15 is 0 Å². The van der Waals surface area contributed by atoms with Gasteiger partial charge in [0.1, 0.15) is 5.76 Å². The number of fused-ring (bicyclic) bond motifs is 1. The van der Waals surface area contributed by atoms with E-state index in [0.717, 1.165) is 26.9 Å². The summed E-state index contributed by atoms with van der Waals surface area (Å²) in [6.07, 6.45) is 2.82. The summed E-state index contributed by atoms with van der Waals surface area (Å²) in [5.41, 5.74) is 4.12. The molecule has 7 nitrogen and oxygen atoms in total. The van der Waals surface area contributed by atoms with Crippen LogP contribution < -0.4 is 4.90 Å². The van der Waals surface area contributed by atoms with Crippen LogP contribution in [0.25, 0.3) is 10.2 Å². The highest BCUT2D eigenvalue weighted by atomic mass is 32.2. The Morgan fingerprint density at radius 1 is 1.14 bits per heavy atom. The number of anilines is 1. The number of piperidine rings is 1. The molecular formula is C27H29N3O4S2. The molecule has 1 aliphatic rings. The molecule has 1 atom stereocenters. The second-order valence-corrected chi connectivity index (χ2v) is 12.3. The lowest BCUT2D eigenvalue weighted by Crippen LogP contribution is -2.46. The van der Waals surface area contributed by atoms with Crippen molar-refractivity contribution in [3.8, 4) is 0 Å². The van der Waals surface area contributed by atoms with Crippen LogP contribution in [-0.4, -0.2) is 36.7 Å². The standard InChI is InChI=1S/C27H29N3O4S2/c1-18-8-11-23(12-9-18)36(32,33)29-14-4-6-21(16-29)26(31)30(17-22-7-5-15-34-22)27-28-25-20(3)19(2)10-13-24(25)35-27/h5,7-13,15,21H,4,6,14,16-17H2,1-3H3. The van der Waals surface area contributed by atoms with Gasteiger partial charge in [0.2, 0.25) is 15.9 Å². The van der Waals surface area contributed by atoms with Crippen molar-refractivity contribution in [1.29, 1.82) is 0 Å². The van der Waals surface area contributed by atoms with Crippen molar-refractivity contribution in [3.05, 3.63) is 77.2 Å². The van der Waals surface area contributed by atoms with Crippen molar-refractivity contribution in [1.82, 2.24) is 9.29 Å². The van der Waals surface area contributed by atoms with Gasteiger partial charge in [0, 0.05) is 13.1 Å². The van der Waals surface area contributed by atoms with Gasteiger partial charge < -0.3 is 4.42 Å². The maximum Gasteiger partial charge on any atom is 0.243 e. The summed E-state index contributed by atoms with van der Waals surface area (Å²) in [6.45, 7) is 6.79. The van der Waals surface area contributed by atoms with E-state index in [4.69, 9.17) is 9.40 Å². The van der Waals surface area contributed by atoms with Crippen molar-refractivity contribution >= 4 is 42.6 Å². The molecule has 188 valence electrons. The number of carbonyl (C=O) groups is 1. The molecule has 0 N–H and O–H groups in total. The third kappa shape index (κ3) is 4.70. The van der Waals surface area contributed by atoms with E-state index in [2.05, 4.69) is 6.07 Å². The van der Waals surface area contributed by atoms with E-state index in [-0.39, 0.29) is 23.9 Å². The van der Waals surface area contributed by atoms with Crippen LogP contribution in [0.5, 0.6) is 0 Å².